The lowest BCUT2D eigenvalue weighted by Crippen LogP contribution is -2.27. The monoisotopic (exact) mass is 287 g/mol. The van der Waals surface area contributed by atoms with Crippen molar-refractivity contribution in [1.82, 2.24) is 10.1 Å². The van der Waals surface area contributed by atoms with Gasteiger partial charge in [-0.3, -0.25) is 0 Å². The van der Waals surface area contributed by atoms with Crippen LogP contribution >= 0.6 is 0 Å². The molecule has 1 aliphatic carbocycles. The summed E-state index contributed by atoms with van der Waals surface area (Å²) in [6, 6.07) is 7.97. The molecule has 0 radical (unpaired) electrons. The van der Waals surface area contributed by atoms with Gasteiger partial charge in [0.15, 0.2) is 5.82 Å². The molecule has 1 fully saturated rings. The second-order valence-corrected chi connectivity index (χ2v) is 5.70. The zero-order valence-corrected chi connectivity index (χ0v) is 12.3. The molecule has 1 aromatic heterocycles. The van der Waals surface area contributed by atoms with Crippen molar-refractivity contribution in [3.63, 3.8) is 0 Å². The van der Waals surface area contributed by atoms with E-state index >= 15 is 0 Å². The second-order valence-electron chi connectivity index (χ2n) is 5.70. The smallest absolute Gasteiger partial charge is 0.231 e. The molecule has 1 atom stereocenters. The zero-order valence-electron chi connectivity index (χ0n) is 12.3. The summed E-state index contributed by atoms with van der Waals surface area (Å²) in [5.41, 5.74) is 8.42. The van der Waals surface area contributed by atoms with Crippen LogP contribution in [0.1, 0.15) is 48.1 Å². The summed E-state index contributed by atoms with van der Waals surface area (Å²) in [6.45, 7) is 2.52. The van der Waals surface area contributed by atoms with Gasteiger partial charge in [0.2, 0.25) is 5.89 Å². The van der Waals surface area contributed by atoms with E-state index in [1.807, 2.05) is 0 Å². The molecule has 5 heteroatoms. The number of hydrogen-bond acceptors (Lipinski definition) is 5. The summed E-state index contributed by atoms with van der Waals surface area (Å²) in [5.74, 6) is 1.12. The molecule has 0 amide bonds. The Hall–Kier alpha value is -1.72. The van der Waals surface area contributed by atoms with Gasteiger partial charge in [-0.2, -0.15) is 4.98 Å². The number of rotatable bonds is 6. The van der Waals surface area contributed by atoms with Crippen LogP contribution < -0.4 is 5.73 Å². The molecule has 0 bridgehead atoms. The molecule has 2 N–H and O–H groups in total. The molecule has 1 heterocycles. The summed E-state index contributed by atoms with van der Waals surface area (Å²) < 4.78 is 11.0. The average molecular weight is 287 g/mol. The maximum absolute atomic E-state index is 6.04. The van der Waals surface area contributed by atoms with E-state index in [2.05, 4.69) is 41.3 Å². The number of benzene rings is 1. The minimum absolute atomic E-state index is 0.318. The Kier molecular flexibility index (Phi) is 4.31. The van der Waals surface area contributed by atoms with Crippen LogP contribution in [0.4, 0.5) is 0 Å². The van der Waals surface area contributed by atoms with Gasteiger partial charge in [0, 0.05) is 0 Å². The Balaban J connectivity index is 1.55. The van der Waals surface area contributed by atoms with Crippen molar-refractivity contribution in [2.75, 3.05) is 6.61 Å². The molecule has 5 nitrogen and oxygen atoms in total. The van der Waals surface area contributed by atoms with E-state index in [0.717, 1.165) is 18.4 Å². The van der Waals surface area contributed by atoms with Crippen LogP contribution in [-0.2, 0) is 11.2 Å². The van der Waals surface area contributed by atoms with Crippen molar-refractivity contribution < 1.29 is 9.26 Å². The molecule has 1 aromatic carbocycles. The predicted molar refractivity (Wildman–Crippen MR) is 78.8 cm³/mol. The molecule has 21 heavy (non-hydrogen) atoms. The van der Waals surface area contributed by atoms with Gasteiger partial charge in [-0.15, -0.1) is 0 Å². The van der Waals surface area contributed by atoms with Crippen molar-refractivity contribution in [2.24, 2.45) is 5.73 Å². The van der Waals surface area contributed by atoms with Crippen molar-refractivity contribution in [3.05, 3.63) is 47.1 Å². The van der Waals surface area contributed by atoms with Gasteiger partial charge in [-0.1, -0.05) is 35.0 Å². The Morgan fingerprint density at radius 3 is 2.76 bits per heavy atom. The van der Waals surface area contributed by atoms with Gasteiger partial charge in [0.05, 0.1) is 25.2 Å². The molecule has 0 aliphatic heterocycles. The topological polar surface area (TPSA) is 74.2 Å². The van der Waals surface area contributed by atoms with E-state index in [1.54, 1.807) is 0 Å². The summed E-state index contributed by atoms with van der Waals surface area (Å²) >= 11 is 0. The Labute approximate surface area is 124 Å². The van der Waals surface area contributed by atoms with E-state index in [9.17, 15) is 0 Å². The summed E-state index contributed by atoms with van der Waals surface area (Å²) in [5, 5.41) is 3.96. The Morgan fingerprint density at radius 1 is 1.33 bits per heavy atom. The summed E-state index contributed by atoms with van der Waals surface area (Å²) in [6.07, 6.45) is 4.52. The number of aryl methyl sites for hydroxylation is 1. The quantitative estimate of drug-likeness (QED) is 0.883. The molecular weight excluding hydrogens is 266 g/mol. The summed E-state index contributed by atoms with van der Waals surface area (Å²) in [4.78, 5) is 4.37. The van der Waals surface area contributed by atoms with Crippen LogP contribution in [0.5, 0.6) is 0 Å². The maximum Gasteiger partial charge on any atom is 0.231 e. The zero-order chi connectivity index (χ0) is 14.7. The summed E-state index contributed by atoms with van der Waals surface area (Å²) in [7, 11) is 0. The van der Waals surface area contributed by atoms with Crippen LogP contribution in [-0.4, -0.2) is 22.9 Å². The van der Waals surface area contributed by atoms with Crippen LogP contribution in [0.2, 0.25) is 0 Å². The van der Waals surface area contributed by atoms with Crippen molar-refractivity contribution in [1.29, 1.82) is 0 Å². The number of nitrogens with zero attached hydrogens (tertiary/aromatic N) is 2. The molecular formula is C16H21N3O2. The first-order chi connectivity index (χ1) is 10.2. The number of ether oxygens (including phenoxy) is 1. The van der Waals surface area contributed by atoms with Crippen LogP contribution in [0.3, 0.4) is 0 Å². The van der Waals surface area contributed by atoms with Gasteiger partial charge in [-0.25, -0.2) is 0 Å². The lowest BCUT2D eigenvalue weighted by Gasteiger charge is -2.26. The minimum atomic E-state index is -0.318. The third kappa shape index (κ3) is 3.68. The molecule has 0 spiro atoms. The van der Waals surface area contributed by atoms with E-state index in [0.29, 0.717) is 30.8 Å². The Morgan fingerprint density at radius 2 is 2.10 bits per heavy atom. The largest absolute Gasteiger partial charge is 0.376 e. The fraction of sp³-hybridized carbons (Fsp3) is 0.500. The second kappa shape index (κ2) is 6.37. The van der Waals surface area contributed by atoms with E-state index < -0.39 is 0 Å². The number of hydrogen-bond donors (Lipinski definition) is 1. The van der Waals surface area contributed by atoms with Crippen molar-refractivity contribution >= 4 is 0 Å². The Bertz CT molecular complexity index is 575. The molecule has 3 rings (SSSR count). The van der Waals surface area contributed by atoms with E-state index in [1.165, 1.54) is 12.0 Å². The van der Waals surface area contributed by atoms with Crippen molar-refractivity contribution in [2.45, 2.75) is 44.8 Å². The molecule has 0 saturated heterocycles. The first kappa shape index (κ1) is 14.2. The highest BCUT2D eigenvalue weighted by molar-refractivity contribution is 5.23. The normalized spacial score (nSPS) is 16.7. The first-order valence-electron chi connectivity index (χ1n) is 7.46. The van der Waals surface area contributed by atoms with Gasteiger partial charge < -0.3 is 15.0 Å². The number of aromatic nitrogens is 2. The molecule has 1 unspecified atom stereocenters. The maximum atomic E-state index is 6.04. The third-order valence-electron chi connectivity index (χ3n) is 3.86. The van der Waals surface area contributed by atoms with Gasteiger partial charge in [0.25, 0.3) is 0 Å². The molecule has 1 aliphatic rings. The average Bonchev–Trinajstić information content (AvgIpc) is 2.88. The highest BCUT2D eigenvalue weighted by Gasteiger charge is 2.21. The standard InChI is InChI=1S/C16H21N3O2/c1-11-5-7-12(8-6-11)9-15-18-16(19-21-15)14(17)10-20-13-3-2-4-13/h5-8,13-14H,2-4,9-10,17H2,1H3. The molecule has 112 valence electrons. The highest BCUT2D eigenvalue weighted by Crippen LogP contribution is 2.23. The SMILES string of the molecule is Cc1ccc(Cc2nc(C(N)COC3CCC3)no2)cc1. The molecule has 1 saturated carbocycles. The van der Waals surface area contributed by atoms with E-state index in [-0.39, 0.29) is 6.04 Å². The van der Waals surface area contributed by atoms with Gasteiger partial charge in [0.1, 0.15) is 0 Å². The third-order valence-corrected chi connectivity index (χ3v) is 3.86. The fourth-order valence-corrected chi connectivity index (χ4v) is 2.22. The van der Waals surface area contributed by atoms with Crippen LogP contribution in [0, 0.1) is 6.92 Å². The lowest BCUT2D eigenvalue weighted by molar-refractivity contribution is -0.00549. The van der Waals surface area contributed by atoms with Crippen LogP contribution in [0.25, 0.3) is 0 Å². The van der Waals surface area contributed by atoms with Gasteiger partial charge in [-0.05, 0) is 31.7 Å². The molecule has 2 aromatic rings. The minimum Gasteiger partial charge on any atom is -0.376 e. The van der Waals surface area contributed by atoms with Gasteiger partial charge >= 0.3 is 0 Å². The highest BCUT2D eigenvalue weighted by atomic mass is 16.5. The van der Waals surface area contributed by atoms with E-state index in [4.69, 9.17) is 15.0 Å². The first-order valence-corrected chi connectivity index (χ1v) is 7.46. The lowest BCUT2D eigenvalue weighted by atomic mass is 9.96. The van der Waals surface area contributed by atoms with Crippen molar-refractivity contribution in [3.8, 4) is 0 Å². The van der Waals surface area contributed by atoms with Crippen LogP contribution in [0.15, 0.2) is 28.8 Å². The fourth-order valence-electron chi connectivity index (χ4n) is 2.22. The number of nitrogens with two attached hydrogens (primary N) is 1. The predicted octanol–water partition coefficient (Wildman–Crippen LogP) is 2.54.